The fourth-order valence-corrected chi connectivity index (χ4v) is 3.11. The lowest BCUT2D eigenvalue weighted by Gasteiger charge is -2.31. The standard InChI is InChI=1S/C16H23NO4/c1-5-21-15(20)13(9-18)17-10(2)6-11-12(17)7-16(3,4)8-14(11)19/h6,13,18H,5,7-9H2,1-4H3. The monoisotopic (exact) mass is 293 g/mol. The van der Waals surface area contributed by atoms with Gasteiger partial charge >= 0.3 is 5.97 Å². The van der Waals surface area contributed by atoms with Crippen molar-refractivity contribution in [1.82, 2.24) is 4.57 Å². The molecule has 1 unspecified atom stereocenters. The molecule has 5 heteroatoms. The maximum absolute atomic E-state index is 12.3. The van der Waals surface area contributed by atoms with Crippen LogP contribution in [0.2, 0.25) is 0 Å². The van der Waals surface area contributed by atoms with E-state index in [0.717, 1.165) is 11.4 Å². The first-order valence-corrected chi connectivity index (χ1v) is 7.32. The molecule has 2 rings (SSSR count). The van der Waals surface area contributed by atoms with E-state index in [1.807, 2.05) is 26.8 Å². The number of aliphatic hydroxyl groups excluding tert-OH is 1. The minimum Gasteiger partial charge on any atom is -0.464 e. The fourth-order valence-electron chi connectivity index (χ4n) is 3.11. The van der Waals surface area contributed by atoms with E-state index >= 15 is 0 Å². The SMILES string of the molecule is CCOC(=O)C(CO)n1c(C)cc2c1CC(C)(C)CC2=O. The summed E-state index contributed by atoms with van der Waals surface area (Å²) in [5.74, 6) is -0.360. The number of nitrogens with zero attached hydrogens (tertiary/aromatic N) is 1. The van der Waals surface area contributed by atoms with Gasteiger partial charge in [0.2, 0.25) is 0 Å². The molecule has 0 aromatic carbocycles. The van der Waals surface area contributed by atoms with Gasteiger partial charge in [-0.05, 0) is 31.7 Å². The number of aliphatic hydroxyl groups is 1. The summed E-state index contributed by atoms with van der Waals surface area (Å²) in [6, 6.07) is 1.03. The van der Waals surface area contributed by atoms with Gasteiger partial charge in [0.1, 0.15) is 0 Å². The molecule has 1 aliphatic rings. The smallest absolute Gasteiger partial charge is 0.331 e. The van der Waals surface area contributed by atoms with Crippen LogP contribution < -0.4 is 0 Å². The number of fused-ring (bicyclic) bond motifs is 1. The van der Waals surface area contributed by atoms with Crippen LogP contribution in [0.5, 0.6) is 0 Å². The molecule has 0 bridgehead atoms. The van der Waals surface area contributed by atoms with Gasteiger partial charge in [-0.15, -0.1) is 0 Å². The second-order valence-electron chi connectivity index (χ2n) is 6.41. The van der Waals surface area contributed by atoms with Gasteiger partial charge in [0.15, 0.2) is 11.8 Å². The van der Waals surface area contributed by atoms with Crippen molar-refractivity contribution < 1.29 is 19.4 Å². The summed E-state index contributed by atoms with van der Waals surface area (Å²) in [6.45, 7) is 7.59. The normalized spacial score (nSPS) is 18.2. The van der Waals surface area contributed by atoms with Crippen LogP contribution in [0.25, 0.3) is 0 Å². The molecule has 1 atom stereocenters. The molecule has 1 aromatic heterocycles. The van der Waals surface area contributed by atoms with Crippen molar-refractivity contribution in [2.24, 2.45) is 5.41 Å². The van der Waals surface area contributed by atoms with E-state index in [1.54, 1.807) is 11.5 Å². The number of rotatable bonds is 4. The van der Waals surface area contributed by atoms with Crippen molar-refractivity contribution in [2.45, 2.75) is 46.6 Å². The second-order valence-corrected chi connectivity index (χ2v) is 6.41. The van der Waals surface area contributed by atoms with Crippen LogP contribution in [-0.2, 0) is 16.0 Å². The van der Waals surface area contributed by atoms with Crippen LogP contribution in [0, 0.1) is 12.3 Å². The summed E-state index contributed by atoms with van der Waals surface area (Å²) in [5.41, 5.74) is 2.18. The summed E-state index contributed by atoms with van der Waals surface area (Å²) >= 11 is 0. The number of carbonyl (C=O) groups is 2. The van der Waals surface area contributed by atoms with Crippen LogP contribution >= 0.6 is 0 Å². The maximum atomic E-state index is 12.3. The summed E-state index contributed by atoms with van der Waals surface area (Å²) < 4.78 is 6.81. The number of aryl methyl sites for hydroxylation is 1. The Morgan fingerprint density at radius 1 is 1.48 bits per heavy atom. The molecule has 1 N–H and O–H groups in total. The van der Waals surface area contributed by atoms with Crippen molar-refractivity contribution in [3.63, 3.8) is 0 Å². The molecule has 0 amide bonds. The van der Waals surface area contributed by atoms with E-state index in [-0.39, 0.29) is 24.4 Å². The molecule has 0 aliphatic heterocycles. The molecule has 1 heterocycles. The lowest BCUT2D eigenvalue weighted by Crippen LogP contribution is -2.32. The molecule has 1 aliphatic carbocycles. The average Bonchev–Trinajstić information content (AvgIpc) is 2.68. The number of ether oxygens (including phenoxy) is 1. The van der Waals surface area contributed by atoms with Crippen LogP contribution in [0.4, 0.5) is 0 Å². The van der Waals surface area contributed by atoms with Crippen LogP contribution in [-0.4, -0.2) is 34.6 Å². The van der Waals surface area contributed by atoms with E-state index in [1.165, 1.54) is 0 Å². The van der Waals surface area contributed by atoms with E-state index in [0.29, 0.717) is 18.4 Å². The maximum Gasteiger partial charge on any atom is 0.331 e. The van der Waals surface area contributed by atoms with Crippen molar-refractivity contribution >= 4 is 11.8 Å². The molecule has 0 saturated heterocycles. The van der Waals surface area contributed by atoms with Gasteiger partial charge in [-0.3, -0.25) is 4.79 Å². The second kappa shape index (κ2) is 5.64. The summed E-state index contributed by atoms with van der Waals surface area (Å²) in [5, 5.41) is 9.61. The quantitative estimate of drug-likeness (QED) is 0.863. The summed E-state index contributed by atoms with van der Waals surface area (Å²) in [6.07, 6.45) is 1.21. The van der Waals surface area contributed by atoms with Crippen molar-refractivity contribution in [2.75, 3.05) is 13.2 Å². The number of hydrogen-bond acceptors (Lipinski definition) is 4. The topological polar surface area (TPSA) is 68.5 Å². The van der Waals surface area contributed by atoms with Crippen molar-refractivity contribution in [3.05, 3.63) is 23.0 Å². The number of aromatic nitrogens is 1. The van der Waals surface area contributed by atoms with Gasteiger partial charge in [-0.1, -0.05) is 13.8 Å². The molecule has 0 fully saturated rings. The highest BCUT2D eigenvalue weighted by molar-refractivity contribution is 5.99. The zero-order valence-electron chi connectivity index (χ0n) is 13.1. The first-order chi connectivity index (χ1) is 9.80. The lowest BCUT2D eigenvalue weighted by atomic mass is 9.76. The summed E-state index contributed by atoms with van der Waals surface area (Å²) in [7, 11) is 0. The van der Waals surface area contributed by atoms with Gasteiger partial charge < -0.3 is 14.4 Å². The Kier molecular flexibility index (Phi) is 4.23. The first kappa shape index (κ1) is 15.8. The molecule has 116 valence electrons. The average molecular weight is 293 g/mol. The fraction of sp³-hybridized carbons (Fsp3) is 0.625. The molecule has 0 radical (unpaired) electrons. The van der Waals surface area contributed by atoms with Gasteiger partial charge in [-0.25, -0.2) is 4.79 Å². The molecule has 0 saturated carbocycles. The highest BCUT2D eigenvalue weighted by atomic mass is 16.5. The van der Waals surface area contributed by atoms with Gasteiger partial charge in [-0.2, -0.15) is 0 Å². The van der Waals surface area contributed by atoms with Gasteiger partial charge in [0.25, 0.3) is 0 Å². The number of esters is 1. The Bertz CT molecular complexity index is 571. The zero-order valence-corrected chi connectivity index (χ0v) is 13.1. The lowest BCUT2D eigenvalue weighted by molar-refractivity contribution is -0.148. The summed E-state index contributed by atoms with van der Waals surface area (Å²) in [4.78, 5) is 24.3. The minimum absolute atomic E-state index is 0.101. The predicted molar refractivity (Wildman–Crippen MR) is 78.4 cm³/mol. The highest BCUT2D eigenvalue weighted by Crippen LogP contribution is 2.37. The largest absolute Gasteiger partial charge is 0.464 e. The Morgan fingerprint density at radius 2 is 2.14 bits per heavy atom. The Hall–Kier alpha value is -1.62. The molecular weight excluding hydrogens is 270 g/mol. The minimum atomic E-state index is -0.782. The van der Waals surface area contributed by atoms with Crippen LogP contribution in [0.15, 0.2) is 6.07 Å². The van der Waals surface area contributed by atoms with Gasteiger partial charge in [0.05, 0.1) is 13.2 Å². The number of hydrogen-bond donors (Lipinski definition) is 1. The first-order valence-electron chi connectivity index (χ1n) is 7.32. The molecule has 5 nitrogen and oxygen atoms in total. The Balaban J connectivity index is 2.50. The van der Waals surface area contributed by atoms with E-state index < -0.39 is 12.0 Å². The molecule has 0 spiro atoms. The number of ketones is 1. The Labute approximate surface area is 124 Å². The van der Waals surface area contributed by atoms with Crippen molar-refractivity contribution in [3.8, 4) is 0 Å². The van der Waals surface area contributed by atoms with E-state index in [4.69, 9.17) is 4.74 Å². The van der Waals surface area contributed by atoms with Crippen molar-refractivity contribution in [1.29, 1.82) is 0 Å². The number of carbonyl (C=O) groups excluding carboxylic acids is 2. The Morgan fingerprint density at radius 3 is 2.71 bits per heavy atom. The third-order valence-electron chi connectivity index (χ3n) is 3.96. The molecular formula is C16H23NO4. The van der Waals surface area contributed by atoms with Crippen LogP contribution in [0.1, 0.15) is 55.0 Å². The number of Topliss-reactive ketones (excluding diaryl/α,β-unsaturated/α-hetero) is 1. The van der Waals surface area contributed by atoms with Crippen LogP contribution in [0.3, 0.4) is 0 Å². The third-order valence-corrected chi connectivity index (χ3v) is 3.96. The highest BCUT2D eigenvalue weighted by Gasteiger charge is 2.36. The molecule has 1 aromatic rings. The zero-order chi connectivity index (χ0) is 15.8. The van der Waals surface area contributed by atoms with E-state index in [9.17, 15) is 14.7 Å². The molecule has 21 heavy (non-hydrogen) atoms. The van der Waals surface area contributed by atoms with Gasteiger partial charge in [0, 0.05) is 23.4 Å². The predicted octanol–water partition coefficient (Wildman–Crippen LogP) is 2.05. The van der Waals surface area contributed by atoms with E-state index in [2.05, 4.69) is 0 Å². The third kappa shape index (κ3) is 2.88.